The van der Waals surface area contributed by atoms with Gasteiger partial charge in [-0.3, -0.25) is 9.69 Å². The Bertz CT molecular complexity index is 832. The summed E-state index contributed by atoms with van der Waals surface area (Å²) in [6.07, 6.45) is 6.08. The number of hydrogen-bond acceptors (Lipinski definition) is 3. The average molecular weight is 497 g/mol. The lowest BCUT2D eigenvalue weighted by Gasteiger charge is -2.38. The molecule has 0 radical (unpaired) electrons. The van der Waals surface area contributed by atoms with Gasteiger partial charge in [-0.25, -0.2) is 0 Å². The summed E-state index contributed by atoms with van der Waals surface area (Å²) in [6, 6.07) is 15.4. The molecule has 186 valence electrons. The fraction of sp³-hybridized carbons (Fsp3) is 0.593. The minimum absolute atomic E-state index is 0. The van der Waals surface area contributed by atoms with Gasteiger partial charge in [0.15, 0.2) is 0 Å². The second-order valence-corrected chi connectivity index (χ2v) is 9.05. The van der Waals surface area contributed by atoms with E-state index in [1.54, 1.807) is 0 Å². The van der Waals surface area contributed by atoms with Gasteiger partial charge in [-0.2, -0.15) is 0 Å². The highest BCUT2D eigenvalue weighted by atomic mass is 35.5. The lowest BCUT2D eigenvalue weighted by Crippen LogP contribution is -2.46. The van der Waals surface area contributed by atoms with Crippen molar-refractivity contribution in [3.05, 3.63) is 48.0 Å². The van der Waals surface area contributed by atoms with Crippen LogP contribution in [0.4, 0.5) is 0 Å². The highest BCUT2D eigenvalue weighted by molar-refractivity contribution is 5.87. The molecule has 0 spiro atoms. The molecule has 1 aliphatic heterocycles. The summed E-state index contributed by atoms with van der Waals surface area (Å²) < 4.78 is 0. The maximum Gasteiger partial charge on any atom is 0.234 e. The van der Waals surface area contributed by atoms with Gasteiger partial charge in [0.1, 0.15) is 0 Å². The second kappa shape index (κ2) is 14.8. The third-order valence-corrected chi connectivity index (χ3v) is 7.28. The molecule has 1 N–H and O–H groups in total. The molecule has 1 saturated heterocycles. The number of nitrogens with one attached hydrogen (secondary N) is 1. The maximum atomic E-state index is 12.8. The van der Waals surface area contributed by atoms with E-state index in [0.717, 1.165) is 32.5 Å². The number of piperidine rings is 1. The molecule has 1 unspecified atom stereocenters. The van der Waals surface area contributed by atoms with Crippen molar-refractivity contribution < 1.29 is 4.79 Å². The predicted octanol–water partition coefficient (Wildman–Crippen LogP) is 5.67. The zero-order valence-corrected chi connectivity index (χ0v) is 22.3. The van der Waals surface area contributed by atoms with Gasteiger partial charge in [0.2, 0.25) is 5.91 Å². The van der Waals surface area contributed by atoms with E-state index in [-0.39, 0.29) is 36.1 Å². The van der Waals surface area contributed by atoms with E-state index in [1.165, 1.54) is 48.7 Å². The number of carbonyl (C=O) groups excluding carboxylic acids is 1. The normalized spacial score (nSPS) is 16.0. The van der Waals surface area contributed by atoms with Crippen molar-refractivity contribution in [3.8, 4) is 0 Å². The van der Waals surface area contributed by atoms with Gasteiger partial charge >= 0.3 is 0 Å². The van der Waals surface area contributed by atoms with Crippen LogP contribution >= 0.6 is 24.8 Å². The van der Waals surface area contributed by atoms with E-state index in [9.17, 15) is 4.79 Å². The van der Waals surface area contributed by atoms with E-state index in [4.69, 9.17) is 0 Å². The molecule has 0 aromatic heterocycles. The van der Waals surface area contributed by atoms with Gasteiger partial charge in [0, 0.05) is 12.0 Å². The lowest BCUT2D eigenvalue weighted by atomic mass is 9.73. The summed E-state index contributed by atoms with van der Waals surface area (Å²) in [5.41, 5.74) is 1.32. The predicted molar refractivity (Wildman–Crippen MR) is 146 cm³/mol. The minimum atomic E-state index is -0.0583. The molecule has 6 heteroatoms. The number of benzene rings is 2. The Morgan fingerprint density at radius 3 is 2.30 bits per heavy atom. The smallest absolute Gasteiger partial charge is 0.234 e. The molecular weight excluding hydrogens is 453 g/mol. The zero-order chi connectivity index (χ0) is 22.1. The SMILES string of the molecule is CCN(CC)CC(=O)NCC(CC)(CCN1CCCCC1)c1cccc2ccccc12.Cl.Cl. The molecule has 0 bridgehead atoms. The van der Waals surface area contributed by atoms with Crippen LogP contribution in [-0.2, 0) is 10.2 Å². The largest absolute Gasteiger partial charge is 0.354 e. The minimum Gasteiger partial charge on any atom is -0.354 e. The van der Waals surface area contributed by atoms with E-state index in [1.807, 2.05) is 0 Å². The third kappa shape index (κ3) is 7.85. The van der Waals surface area contributed by atoms with Crippen molar-refractivity contribution in [2.45, 2.75) is 58.3 Å². The summed E-state index contributed by atoms with van der Waals surface area (Å²) >= 11 is 0. The van der Waals surface area contributed by atoms with Crippen molar-refractivity contribution in [1.29, 1.82) is 0 Å². The third-order valence-electron chi connectivity index (χ3n) is 7.28. The van der Waals surface area contributed by atoms with Gasteiger partial charge < -0.3 is 10.2 Å². The Labute approximate surface area is 213 Å². The summed E-state index contributed by atoms with van der Waals surface area (Å²) in [4.78, 5) is 17.6. The number of nitrogens with zero attached hydrogens (tertiary/aromatic N) is 2. The Hall–Kier alpha value is -1.33. The summed E-state index contributed by atoms with van der Waals surface area (Å²) in [5.74, 6) is 0.139. The summed E-state index contributed by atoms with van der Waals surface area (Å²) in [7, 11) is 0. The first-order valence-electron chi connectivity index (χ1n) is 12.3. The van der Waals surface area contributed by atoms with Crippen LogP contribution in [0.25, 0.3) is 10.8 Å². The second-order valence-electron chi connectivity index (χ2n) is 9.05. The monoisotopic (exact) mass is 495 g/mol. The van der Waals surface area contributed by atoms with E-state index in [0.29, 0.717) is 13.1 Å². The number of carbonyl (C=O) groups is 1. The topological polar surface area (TPSA) is 35.6 Å². The van der Waals surface area contributed by atoms with E-state index >= 15 is 0 Å². The number of halogens is 2. The quantitative estimate of drug-likeness (QED) is 0.436. The van der Waals surface area contributed by atoms with Crippen molar-refractivity contribution in [2.24, 2.45) is 0 Å². The molecule has 33 heavy (non-hydrogen) atoms. The van der Waals surface area contributed by atoms with Crippen molar-refractivity contribution in [3.63, 3.8) is 0 Å². The van der Waals surface area contributed by atoms with E-state index < -0.39 is 0 Å². The Balaban J connectivity index is 0.00000272. The highest BCUT2D eigenvalue weighted by Gasteiger charge is 2.33. The van der Waals surface area contributed by atoms with Crippen LogP contribution in [0.15, 0.2) is 42.5 Å². The number of likely N-dealkylation sites (tertiary alicyclic amines) is 1. The Kier molecular flexibility index (Phi) is 13.3. The van der Waals surface area contributed by atoms with Crippen molar-refractivity contribution >= 4 is 41.5 Å². The van der Waals surface area contributed by atoms with Gasteiger partial charge in [0.25, 0.3) is 0 Å². The molecule has 2 aromatic carbocycles. The molecule has 1 aliphatic rings. The van der Waals surface area contributed by atoms with Gasteiger partial charge in [-0.15, -0.1) is 24.8 Å². The molecule has 1 fully saturated rings. The zero-order valence-electron chi connectivity index (χ0n) is 20.6. The first-order chi connectivity index (χ1) is 15.1. The molecule has 0 saturated carbocycles. The molecule has 1 heterocycles. The van der Waals surface area contributed by atoms with Crippen LogP contribution in [0.3, 0.4) is 0 Å². The number of amides is 1. The van der Waals surface area contributed by atoms with Gasteiger partial charge in [-0.05, 0) is 74.7 Å². The highest BCUT2D eigenvalue weighted by Crippen LogP contribution is 2.36. The summed E-state index contributed by atoms with van der Waals surface area (Å²) in [6.45, 7) is 13.0. The fourth-order valence-electron chi connectivity index (χ4n) is 5.03. The number of rotatable bonds is 11. The van der Waals surface area contributed by atoms with Crippen molar-refractivity contribution in [1.82, 2.24) is 15.1 Å². The van der Waals surface area contributed by atoms with Crippen LogP contribution in [0.1, 0.15) is 58.4 Å². The molecule has 1 atom stereocenters. The lowest BCUT2D eigenvalue weighted by molar-refractivity contribution is -0.122. The average Bonchev–Trinajstić information content (AvgIpc) is 2.83. The van der Waals surface area contributed by atoms with Crippen LogP contribution in [0.2, 0.25) is 0 Å². The van der Waals surface area contributed by atoms with Gasteiger partial charge in [-0.1, -0.05) is 69.7 Å². The molecule has 3 rings (SSSR count). The van der Waals surface area contributed by atoms with Gasteiger partial charge in [0.05, 0.1) is 6.54 Å². The molecular formula is C27H43Cl2N3O. The molecule has 1 amide bonds. The van der Waals surface area contributed by atoms with Crippen LogP contribution in [-0.4, -0.2) is 61.5 Å². The molecule has 4 nitrogen and oxygen atoms in total. The molecule has 2 aromatic rings. The fourth-order valence-corrected chi connectivity index (χ4v) is 5.03. The van der Waals surface area contributed by atoms with Crippen LogP contribution < -0.4 is 5.32 Å². The first-order valence-corrected chi connectivity index (χ1v) is 12.3. The Morgan fingerprint density at radius 1 is 0.970 bits per heavy atom. The standard InChI is InChI=1S/C27H41N3O.2ClH/c1-4-27(17-20-30-18-10-7-11-19-30,22-28-26(31)21-29(5-2)6-3)25-16-12-14-23-13-8-9-15-24(23)25;;/h8-9,12-16H,4-7,10-11,17-22H2,1-3H3,(H,28,31);2*1H. The maximum absolute atomic E-state index is 12.8. The number of fused-ring (bicyclic) bond motifs is 1. The first kappa shape index (κ1) is 29.7. The molecule has 0 aliphatic carbocycles. The van der Waals surface area contributed by atoms with E-state index in [2.05, 4.69) is 78.4 Å². The van der Waals surface area contributed by atoms with Crippen molar-refractivity contribution in [2.75, 3.05) is 45.8 Å². The van der Waals surface area contributed by atoms with Crippen LogP contribution in [0, 0.1) is 0 Å². The summed E-state index contributed by atoms with van der Waals surface area (Å²) in [5, 5.41) is 5.93. The van der Waals surface area contributed by atoms with Crippen LogP contribution in [0.5, 0.6) is 0 Å². The number of likely N-dealkylation sites (N-methyl/N-ethyl adjacent to an activating group) is 1. The number of hydrogen-bond donors (Lipinski definition) is 1. The Morgan fingerprint density at radius 2 is 1.64 bits per heavy atom.